The van der Waals surface area contributed by atoms with E-state index >= 15 is 0 Å². The van der Waals surface area contributed by atoms with Crippen LogP contribution in [0, 0.1) is 0 Å². The van der Waals surface area contributed by atoms with Crippen LogP contribution in [-0.2, 0) is 4.74 Å². The third kappa shape index (κ3) is 4.80. The molecule has 0 unspecified atom stereocenters. The second-order valence-corrected chi connectivity index (χ2v) is 3.85. The normalized spacial score (nSPS) is 11.7. The van der Waals surface area contributed by atoms with Gasteiger partial charge in [0.25, 0.3) is 0 Å². The molecule has 2 N–H and O–H groups in total. The van der Waals surface area contributed by atoms with Crippen LogP contribution in [0.1, 0.15) is 26.6 Å². The summed E-state index contributed by atoms with van der Waals surface area (Å²) in [6, 6.07) is 0. The summed E-state index contributed by atoms with van der Waals surface area (Å²) in [6.07, 6.45) is 4.05. The predicted molar refractivity (Wildman–Crippen MR) is 55.6 cm³/mol. The molecule has 1 aromatic rings. The van der Waals surface area contributed by atoms with Crippen molar-refractivity contribution in [1.82, 2.24) is 15.4 Å². The van der Waals surface area contributed by atoms with E-state index in [9.17, 15) is 4.79 Å². The largest absolute Gasteiger partial charge is 0.443 e. The maximum atomic E-state index is 11.1. The van der Waals surface area contributed by atoms with Crippen LogP contribution < -0.4 is 5.43 Å². The maximum Gasteiger partial charge on any atom is 0.428 e. The molecule has 1 aromatic heterocycles. The maximum absolute atomic E-state index is 11.1. The number of rotatable bonds is 2. The molecule has 6 heteroatoms. The summed E-state index contributed by atoms with van der Waals surface area (Å²) in [5, 5.41) is 3.65. The predicted octanol–water partition coefficient (Wildman–Crippen LogP) is 1.27. The lowest BCUT2D eigenvalue weighted by molar-refractivity contribution is 0.0529. The number of amides is 1. The van der Waals surface area contributed by atoms with E-state index in [-0.39, 0.29) is 0 Å². The smallest absolute Gasteiger partial charge is 0.428 e. The van der Waals surface area contributed by atoms with Crippen molar-refractivity contribution in [2.24, 2.45) is 5.10 Å². The van der Waals surface area contributed by atoms with Gasteiger partial charge in [0.1, 0.15) is 11.4 Å². The molecule has 0 fully saturated rings. The molecule has 0 spiro atoms. The molecular weight excluding hydrogens is 196 g/mol. The van der Waals surface area contributed by atoms with Crippen LogP contribution in [0.25, 0.3) is 0 Å². The minimum absolute atomic E-state index is 0.524. The molecular formula is C9H14N4O2. The molecule has 15 heavy (non-hydrogen) atoms. The number of H-pyrrole nitrogens is 1. The van der Waals surface area contributed by atoms with Crippen molar-refractivity contribution >= 4 is 12.3 Å². The average molecular weight is 210 g/mol. The fourth-order valence-electron chi connectivity index (χ4n) is 0.795. The van der Waals surface area contributed by atoms with Crippen LogP contribution >= 0.6 is 0 Å². The summed E-state index contributed by atoms with van der Waals surface area (Å²) in [7, 11) is 0. The lowest BCUT2D eigenvalue weighted by Gasteiger charge is -2.18. The molecule has 0 bridgehead atoms. The van der Waals surface area contributed by atoms with E-state index in [0.717, 1.165) is 0 Å². The highest BCUT2D eigenvalue weighted by Gasteiger charge is 2.15. The minimum Gasteiger partial charge on any atom is -0.443 e. The molecule has 0 atom stereocenters. The topological polar surface area (TPSA) is 79.4 Å². The van der Waals surface area contributed by atoms with E-state index in [2.05, 4.69) is 20.5 Å². The Morgan fingerprint density at radius 2 is 2.40 bits per heavy atom. The molecule has 1 rings (SSSR count). The number of hydrogen-bond donors (Lipinski definition) is 2. The molecule has 0 aromatic carbocycles. The van der Waals surface area contributed by atoms with Gasteiger partial charge in [0.15, 0.2) is 0 Å². The third-order valence-electron chi connectivity index (χ3n) is 1.26. The first kappa shape index (κ1) is 11.2. The Morgan fingerprint density at radius 3 is 2.93 bits per heavy atom. The van der Waals surface area contributed by atoms with Crippen molar-refractivity contribution in [3.63, 3.8) is 0 Å². The summed E-state index contributed by atoms with van der Waals surface area (Å²) >= 11 is 0. The highest BCUT2D eigenvalue weighted by molar-refractivity contribution is 5.76. The lowest BCUT2D eigenvalue weighted by Crippen LogP contribution is -2.29. The zero-order valence-corrected chi connectivity index (χ0v) is 8.94. The zero-order valence-electron chi connectivity index (χ0n) is 8.94. The molecule has 0 aliphatic heterocycles. The van der Waals surface area contributed by atoms with Crippen LogP contribution in [0.4, 0.5) is 4.79 Å². The van der Waals surface area contributed by atoms with Gasteiger partial charge in [0.2, 0.25) is 0 Å². The van der Waals surface area contributed by atoms with E-state index in [1.54, 1.807) is 33.2 Å². The van der Waals surface area contributed by atoms with Gasteiger partial charge in [0.05, 0.1) is 6.21 Å². The summed E-state index contributed by atoms with van der Waals surface area (Å²) < 4.78 is 4.96. The van der Waals surface area contributed by atoms with Gasteiger partial charge in [-0.15, -0.1) is 0 Å². The van der Waals surface area contributed by atoms with Crippen LogP contribution in [0.5, 0.6) is 0 Å². The van der Waals surface area contributed by atoms with Gasteiger partial charge in [0, 0.05) is 12.4 Å². The Morgan fingerprint density at radius 1 is 1.67 bits per heavy atom. The molecule has 1 heterocycles. The number of hydrogen-bond acceptors (Lipinski definition) is 4. The number of aromatic nitrogens is 2. The molecule has 1 amide bonds. The fraction of sp³-hybridized carbons (Fsp3) is 0.444. The first-order valence-electron chi connectivity index (χ1n) is 4.49. The van der Waals surface area contributed by atoms with Gasteiger partial charge in [-0.3, -0.25) is 0 Å². The van der Waals surface area contributed by atoms with Gasteiger partial charge in [-0.2, -0.15) is 5.10 Å². The molecule has 6 nitrogen and oxygen atoms in total. The molecule has 0 saturated carbocycles. The standard InChI is InChI=1S/C9H14N4O2/c1-9(2,3)15-8(14)13-12-6-7-10-4-5-11-7/h4-6H,1-3H3,(H,10,11)(H,13,14). The highest BCUT2D eigenvalue weighted by atomic mass is 16.6. The molecule has 0 aliphatic carbocycles. The number of hydrazone groups is 1. The fourth-order valence-corrected chi connectivity index (χ4v) is 0.795. The first-order valence-corrected chi connectivity index (χ1v) is 4.49. The quantitative estimate of drug-likeness (QED) is 0.569. The summed E-state index contributed by atoms with van der Waals surface area (Å²) in [5.41, 5.74) is 1.70. The van der Waals surface area contributed by atoms with E-state index in [0.29, 0.717) is 5.82 Å². The second-order valence-electron chi connectivity index (χ2n) is 3.85. The SMILES string of the molecule is CC(C)(C)OC(=O)NN=Cc1ncc[nH]1. The van der Waals surface area contributed by atoms with Crippen LogP contribution in [0.15, 0.2) is 17.5 Å². The zero-order chi connectivity index (χ0) is 11.3. The van der Waals surface area contributed by atoms with Crippen molar-refractivity contribution in [3.8, 4) is 0 Å². The number of ether oxygens (including phenoxy) is 1. The molecule has 0 saturated heterocycles. The van der Waals surface area contributed by atoms with E-state index in [1.807, 2.05) is 0 Å². The van der Waals surface area contributed by atoms with Gasteiger partial charge < -0.3 is 9.72 Å². The summed E-state index contributed by atoms with van der Waals surface area (Å²) in [5.74, 6) is 0.561. The summed E-state index contributed by atoms with van der Waals surface area (Å²) in [4.78, 5) is 17.8. The highest BCUT2D eigenvalue weighted by Crippen LogP contribution is 2.06. The lowest BCUT2D eigenvalue weighted by atomic mass is 10.2. The average Bonchev–Trinajstić information content (AvgIpc) is 2.53. The van der Waals surface area contributed by atoms with Crippen LogP contribution in [0.2, 0.25) is 0 Å². The number of nitrogens with one attached hydrogen (secondary N) is 2. The Labute approximate surface area is 87.7 Å². The van der Waals surface area contributed by atoms with Crippen molar-refractivity contribution < 1.29 is 9.53 Å². The monoisotopic (exact) mass is 210 g/mol. The number of carbonyl (C=O) groups excluding carboxylic acids is 1. The van der Waals surface area contributed by atoms with Gasteiger partial charge in [-0.25, -0.2) is 15.2 Å². The summed E-state index contributed by atoms with van der Waals surface area (Å²) in [6.45, 7) is 5.34. The van der Waals surface area contributed by atoms with E-state index in [4.69, 9.17) is 4.74 Å². The third-order valence-corrected chi connectivity index (χ3v) is 1.26. The van der Waals surface area contributed by atoms with Crippen LogP contribution in [0.3, 0.4) is 0 Å². The van der Waals surface area contributed by atoms with Gasteiger partial charge in [-0.1, -0.05) is 0 Å². The number of aromatic amines is 1. The van der Waals surface area contributed by atoms with Crippen molar-refractivity contribution in [1.29, 1.82) is 0 Å². The Kier molecular flexibility index (Phi) is 3.43. The Bertz CT molecular complexity index is 337. The van der Waals surface area contributed by atoms with Gasteiger partial charge >= 0.3 is 6.09 Å². The van der Waals surface area contributed by atoms with Crippen molar-refractivity contribution in [2.75, 3.05) is 0 Å². The minimum atomic E-state index is -0.592. The molecule has 0 radical (unpaired) electrons. The van der Waals surface area contributed by atoms with E-state index in [1.165, 1.54) is 6.21 Å². The number of imidazole rings is 1. The van der Waals surface area contributed by atoms with E-state index < -0.39 is 11.7 Å². The van der Waals surface area contributed by atoms with Gasteiger partial charge in [-0.05, 0) is 20.8 Å². The first-order chi connectivity index (χ1) is 6.97. The number of carbonyl (C=O) groups is 1. The number of nitrogens with zero attached hydrogens (tertiary/aromatic N) is 2. The Hall–Kier alpha value is -1.85. The van der Waals surface area contributed by atoms with Crippen molar-refractivity contribution in [2.45, 2.75) is 26.4 Å². The second kappa shape index (κ2) is 4.59. The Balaban J connectivity index is 2.35. The molecule has 82 valence electrons. The van der Waals surface area contributed by atoms with Crippen LogP contribution in [-0.4, -0.2) is 27.9 Å². The van der Waals surface area contributed by atoms with Crippen molar-refractivity contribution in [3.05, 3.63) is 18.2 Å². The molecule has 0 aliphatic rings.